The summed E-state index contributed by atoms with van der Waals surface area (Å²) >= 11 is 6.77. The fourth-order valence-electron chi connectivity index (χ4n) is 5.11. The van der Waals surface area contributed by atoms with Crippen molar-refractivity contribution in [3.63, 3.8) is 0 Å². The van der Waals surface area contributed by atoms with Gasteiger partial charge in [-0.05, 0) is 286 Å². The monoisotopic (exact) mass is 1290 g/mol. The summed E-state index contributed by atoms with van der Waals surface area (Å²) in [6.45, 7) is 73.1. The molecule has 0 amide bonds. The van der Waals surface area contributed by atoms with Crippen molar-refractivity contribution in [3.8, 4) is 0 Å². The van der Waals surface area contributed by atoms with E-state index in [0.29, 0.717) is 0 Å². The summed E-state index contributed by atoms with van der Waals surface area (Å²) < 4.78 is 27.9. The molecular formula is C75H123N5O4S4. The van der Waals surface area contributed by atoms with Crippen LogP contribution >= 0.6 is 45.7 Å². The first-order valence-electron chi connectivity index (χ1n) is 31.2. The Balaban J connectivity index is -0.000000208. The van der Waals surface area contributed by atoms with Crippen LogP contribution in [0.1, 0.15) is 215 Å². The molecule has 9 heterocycles. The molecule has 9 nitrogen and oxygen atoms in total. The summed E-state index contributed by atoms with van der Waals surface area (Å²) in [5.41, 5.74) is 19.9. The lowest BCUT2D eigenvalue weighted by molar-refractivity contribution is 0.392. The third kappa shape index (κ3) is 42.8. The lowest BCUT2D eigenvalue weighted by atomic mass is 10.1. The molecule has 0 atom stereocenters. The zero-order valence-corrected chi connectivity index (χ0v) is 65.4. The number of nitrogens with zero attached hydrogens (tertiary/aromatic N) is 5. The average molecular weight is 1290 g/mol. The predicted molar refractivity (Wildman–Crippen MR) is 396 cm³/mol. The number of hydrogen-bond donors (Lipinski definition) is 0. The standard InChI is InChI=1S/C8H10.C7H9N.2C6H9NO.2C6H9NS.2C6H8O.2C6H8S.6C2H6/c1-7-5-3-4-6-8(7)2;1-6-3-4-8-5-7(6)2;4*1-4-5(2)7-8-6(4)3;4*1-5-3-4-7-6(5)2;6*1-2/h3-6H,1-2H3;3-5H,1-2H3;4*1-3H3;4*3-4H,1-2H3;6*1-2H3. The molecule has 0 aliphatic heterocycles. The van der Waals surface area contributed by atoms with Gasteiger partial charge in [0, 0.05) is 43.0 Å². The first kappa shape index (κ1) is 93.2. The van der Waals surface area contributed by atoms with Crippen LogP contribution in [0.5, 0.6) is 0 Å². The molecule has 0 aliphatic rings. The van der Waals surface area contributed by atoms with Crippen LogP contribution < -0.4 is 0 Å². The molecule has 10 rings (SSSR count). The number of benzene rings is 1. The van der Waals surface area contributed by atoms with Crippen molar-refractivity contribution in [2.75, 3.05) is 0 Å². The first-order valence-corrected chi connectivity index (χ1v) is 34.5. The van der Waals surface area contributed by atoms with Crippen molar-refractivity contribution in [1.82, 2.24) is 24.0 Å². The number of aryl methyl sites for hydroxylation is 20. The second kappa shape index (κ2) is 58.7. The Labute approximate surface area is 555 Å². The molecular weight excluding hydrogens is 1160 g/mol. The van der Waals surface area contributed by atoms with Crippen LogP contribution in [0.15, 0.2) is 108 Å². The quantitative estimate of drug-likeness (QED) is 0.146. The topological polar surface area (TPSA) is 117 Å². The maximum Gasteiger partial charge on any atom is 0.136 e. The third-order valence-corrected chi connectivity index (χ3v) is 16.5. The second-order valence-electron chi connectivity index (χ2n) is 18.5. The zero-order chi connectivity index (χ0) is 69.7. The van der Waals surface area contributed by atoms with Gasteiger partial charge >= 0.3 is 0 Å². The molecule has 0 unspecified atom stereocenters. The molecule has 1 aromatic carbocycles. The van der Waals surface area contributed by atoms with E-state index in [0.717, 1.165) is 45.6 Å². The molecule has 0 spiro atoms. The van der Waals surface area contributed by atoms with Gasteiger partial charge in [-0.25, -0.2) is 0 Å². The molecule has 88 heavy (non-hydrogen) atoms. The fourth-order valence-corrected chi connectivity index (χ4v) is 7.97. The first-order chi connectivity index (χ1) is 41.7. The van der Waals surface area contributed by atoms with Gasteiger partial charge in [0.25, 0.3) is 0 Å². The van der Waals surface area contributed by atoms with Gasteiger partial charge in [0.2, 0.25) is 0 Å². The number of hydrogen-bond acceptors (Lipinski definition) is 13. The van der Waals surface area contributed by atoms with E-state index in [-0.39, 0.29) is 0 Å². The van der Waals surface area contributed by atoms with Crippen molar-refractivity contribution in [2.45, 2.75) is 249 Å². The number of thiophene rings is 2. The van der Waals surface area contributed by atoms with Gasteiger partial charge in [0.15, 0.2) is 0 Å². The highest BCUT2D eigenvalue weighted by Gasteiger charge is 2.02. The highest BCUT2D eigenvalue weighted by Crippen LogP contribution is 2.16. The van der Waals surface area contributed by atoms with Crippen LogP contribution in [0, 0.1) is 166 Å². The maximum atomic E-state index is 4.96. The van der Waals surface area contributed by atoms with Crippen LogP contribution in [0.4, 0.5) is 0 Å². The Morgan fingerprint density at radius 2 is 0.614 bits per heavy atom. The number of rotatable bonds is 0. The lowest BCUT2D eigenvalue weighted by Gasteiger charge is -1.93. The molecule has 0 radical (unpaired) electrons. The fraction of sp³-hybridized carbons (Fsp3) is 0.480. The number of furan rings is 2. The molecule has 9 aromatic heterocycles. The largest absolute Gasteiger partial charge is 0.469 e. The van der Waals surface area contributed by atoms with E-state index in [4.69, 9.17) is 17.9 Å². The Kier molecular flexibility index (Phi) is 62.1. The van der Waals surface area contributed by atoms with Crippen LogP contribution in [0.2, 0.25) is 0 Å². The van der Waals surface area contributed by atoms with Crippen LogP contribution in [-0.2, 0) is 0 Å². The van der Waals surface area contributed by atoms with Gasteiger partial charge < -0.3 is 17.9 Å². The molecule has 0 bridgehead atoms. The Morgan fingerprint density at radius 1 is 0.295 bits per heavy atom. The van der Waals surface area contributed by atoms with Crippen LogP contribution in [0.25, 0.3) is 0 Å². The van der Waals surface area contributed by atoms with Gasteiger partial charge in [0.05, 0.1) is 35.3 Å². The van der Waals surface area contributed by atoms with Crippen molar-refractivity contribution in [3.05, 3.63) is 222 Å². The average Bonchev–Trinajstić information content (AvgIpc) is 4.53. The smallest absolute Gasteiger partial charge is 0.136 e. The Hall–Kier alpha value is -5.99. The van der Waals surface area contributed by atoms with Crippen molar-refractivity contribution < 1.29 is 17.9 Å². The molecule has 0 fully saturated rings. The molecule has 0 saturated carbocycles. The molecule has 10 aromatic rings. The van der Waals surface area contributed by atoms with Crippen LogP contribution in [0.3, 0.4) is 0 Å². The lowest BCUT2D eigenvalue weighted by Crippen LogP contribution is -1.78. The van der Waals surface area contributed by atoms with Gasteiger partial charge in [0.1, 0.15) is 23.0 Å². The summed E-state index contributed by atoms with van der Waals surface area (Å²) in [5.74, 6) is 3.87. The number of pyridine rings is 1. The van der Waals surface area contributed by atoms with Crippen molar-refractivity contribution in [2.24, 2.45) is 0 Å². The van der Waals surface area contributed by atoms with E-state index in [1.165, 1.54) is 86.5 Å². The molecule has 0 saturated heterocycles. The van der Waals surface area contributed by atoms with E-state index >= 15 is 0 Å². The van der Waals surface area contributed by atoms with Gasteiger partial charge in [-0.1, -0.05) is 118 Å². The number of aromatic nitrogens is 5. The minimum atomic E-state index is 0.919. The van der Waals surface area contributed by atoms with E-state index in [1.54, 1.807) is 58.3 Å². The highest BCUT2D eigenvalue weighted by atomic mass is 32.1. The van der Waals surface area contributed by atoms with Gasteiger partial charge in [-0.3, -0.25) is 4.98 Å². The van der Waals surface area contributed by atoms with E-state index in [1.807, 2.05) is 197 Å². The summed E-state index contributed by atoms with van der Waals surface area (Å²) in [6.07, 6.45) is 7.08. The summed E-state index contributed by atoms with van der Waals surface area (Å²) in [4.78, 5) is 9.48. The molecule has 496 valence electrons. The van der Waals surface area contributed by atoms with Crippen LogP contribution in [-0.4, -0.2) is 24.0 Å². The third-order valence-electron chi connectivity index (χ3n) is 12.8. The van der Waals surface area contributed by atoms with E-state index in [2.05, 4.69) is 154 Å². The SMILES string of the molecule is CC.CC.CC.CC.CC.CC.Cc1ccccc1C.Cc1ccncc1C.Cc1ccoc1C.Cc1ccoc1C.Cc1ccsc1C.Cc1ccsc1C.Cc1noc(C)c1C.Cc1noc(C)c1C.Cc1nsc(C)c1C.Cc1nsc(C)c1C. The Bertz CT molecular complexity index is 2580. The normalized spacial score (nSPS) is 8.68. The predicted octanol–water partition coefficient (Wildman–Crippen LogP) is 26.0. The van der Waals surface area contributed by atoms with E-state index in [9.17, 15) is 0 Å². The zero-order valence-electron chi connectivity index (χ0n) is 62.2. The highest BCUT2D eigenvalue weighted by molar-refractivity contribution is 7.10. The molecule has 0 aliphatic carbocycles. The van der Waals surface area contributed by atoms with Gasteiger partial charge in [-0.15, -0.1) is 22.7 Å². The minimum absolute atomic E-state index is 0.919. The van der Waals surface area contributed by atoms with E-state index < -0.39 is 0 Å². The second-order valence-corrected chi connectivity index (χ2v) is 22.7. The van der Waals surface area contributed by atoms with Crippen molar-refractivity contribution >= 4 is 45.7 Å². The molecule has 0 N–H and O–H groups in total. The molecule has 13 heteroatoms. The minimum Gasteiger partial charge on any atom is -0.469 e. The Morgan fingerprint density at radius 3 is 0.716 bits per heavy atom. The summed E-state index contributed by atoms with van der Waals surface area (Å²) in [5, 5.41) is 11.7. The van der Waals surface area contributed by atoms with Crippen molar-refractivity contribution in [1.29, 1.82) is 0 Å². The summed E-state index contributed by atoms with van der Waals surface area (Å²) in [7, 11) is 0. The van der Waals surface area contributed by atoms with Gasteiger partial charge in [-0.2, -0.15) is 8.75 Å². The maximum absolute atomic E-state index is 4.96. The summed E-state index contributed by atoms with van der Waals surface area (Å²) in [6, 6.07) is 18.6.